The van der Waals surface area contributed by atoms with Gasteiger partial charge in [0.2, 0.25) is 0 Å². The number of carbonyl (C=O) groups is 2. The predicted octanol–water partition coefficient (Wildman–Crippen LogP) is 6.74. The monoisotopic (exact) mass is 560 g/mol. The Morgan fingerprint density at radius 2 is 1.20 bits per heavy atom. The van der Waals surface area contributed by atoms with Crippen molar-refractivity contribution in [3.05, 3.63) is 106 Å². The molecule has 0 aromatic heterocycles. The third kappa shape index (κ3) is 6.45. The van der Waals surface area contributed by atoms with Crippen LogP contribution in [-0.4, -0.2) is 18.0 Å². The Morgan fingerprint density at radius 1 is 0.675 bits per heavy atom. The van der Waals surface area contributed by atoms with Gasteiger partial charge in [0.25, 0.3) is 11.8 Å². The van der Waals surface area contributed by atoms with Gasteiger partial charge < -0.3 is 22.1 Å². The van der Waals surface area contributed by atoms with Gasteiger partial charge in [-0.15, -0.1) is 0 Å². The summed E-state index contributed by atoms with van der Waals surface area (Å²) < 4.78 is 82.6. The van der Waals surface area contributed by atoms with Crippen molar-refractivity contribution in [2.45, 2.75) is 25.2 Å². The van der Waals surface area contributed by atoms with Gasteiger partial charge >= 0.3 is 12.4 Å². The van der Waals surface area contributed by atoms with Crippen LogP contribution in [0.3, 0.4) is 0 Å². The minimum atomic E-state index is -5.00. The summed E-state index contributed by atoms with van der Waals surface area (Å²) >= 11 is 0. The summed E-state index contributed by atoms with van der Waals surface area (Å²) in [5, 5.41) is 4.97. The number of nitrogens with two attached hydrogens (primary N) is 2. The highest BCUT2D eigenvalue weighted by Crippen LogP contribution is 2.44. The number of allylic oxidation sites excluding steroid dienone is 4. The molecule has 6 nitrogen and oxygen atoms in total. The van der Waals surface area contributed by atoms with Gasteiger partial charge in [0, 0.05) is 33.9 Å². The van der Waals surface area contributed by atoms with E-state index in [0.717, 1.165) is 12.1 Å². The third-order valence-corrected chi connectivity index (χ3v) is 6.11. The minimum Gasteiger partial charge on any atom is -0.402 e. The first-order valence-electron chi connectivity index (χ1n) is 11.8. The van der Waals surface area contributed by atoms with E-state index in [1.54, 1.807) is 12.1 Å². The fourth-order valence-corrected chi connectivity index (χ4v) is 4.15. The largest absolute Gasteiger partial charge is 0.417 e. The maximum Gasteiger partial charge on any atom is 0.417 e. The van der Waals surface area contributed by atoms with E-state index in [9.17, 15) is 35.9 Å². The molecule has 0 fully saturated rings. The van der Waals surface area contributed by atoms with E-state index in [4.69, 9.17) is 11.5 Å². The van der Waals surface area contributed by atoms with Crippen molar-refractivity contribution < 1.29 is 35.9 Å². The van der Waals surface area contributed by atoms with Crippen LogP contribution in [0, 0.1) is 0 Å². The summed E-state index contributed by atoms with van der Waals surface area (Å²) in [6, 6.07) is 14.4. The van der Waals surface area contributed by atoms with Gasteiger partial charge in [-0.1, -0.05) is 6.07 Å². The number of halogens is 6. The number of amides is 2. The number of benzene rings is 3. The Balaban J connectivity index is 1.55. The molecular formula is C28H22F6N4O2. The Kier molecular flexibility index (Phi) is 7.63. The van der Waals surface area contributed by atoms with Crippen LogP contribution in [0.25, 0.3) is 5.57 Å². The minimum absolute atomic E-state index is 0.0267. The number of nitrogens with one attached hydrogen (secondary N) is 2. The first kappa shape index (κ1) is 28.3. The molecule has 1 aliphatic rings. The molecule has 6 N–H and O–H groups in total. The maximum absolute atomic E-state index is 13.9. The Morgan fingerprint density at radius 3 is 1.75 bits per heavy atom. The number of rotatable bonds is 5. The molecule has 1 aliphatic carbocycles. The first-order chi connectivity index (χ1) is 18.7. The smallest absolute Gasteiger partial charge is 0.402 e. The number of alkyl halides is 6. The highest BCUT2D eigenvalue weighted by molar-refractivity contribution is 6.06. The van der Waals surface area contributed by atoms with E-state index in [0.29, 0.717) is 29.1 Å². The van der Waals surface area contributed by atoms with Crippen molar-refractivity contribution in [2.75, 3.05) is 16.4 Å². The second kappa shape index (κ2) is 10.8. The van der Waals surface area contributed by atoms with E-state index in [2.05, 4.69) is 10.6 Å². The normalized spacial score (nSPS) is 14.0. The summed E-state index contributed by atoms with van der Waals surface area (Å²) in [5.74, 6) is -1.18. The van der Waals surface area contributed by atoms with Gasteiger partial charge in [0.1, 0.15) is 0 Å². The molecule has 0 atom stereocenters. The fraction of sp³-hybridized carbons (Fsp3) is 0.143. The Bertz CT molecular complexity index is 1510. The van der Waals surface area contributed by atoms with Crippen molar-refractivity contribution in [1.29, 1.82) is 0 Å². The van der Waals surface area contributed by atoms with Crippen LogP contribution in [0.4, 0.5) is 43.4 Å². The number of nitrogen functional groups attached to an aromatic ring is 1. The van der Waals surface area contributed by atoms with Crippen molar-refractivity contribution in [2.24, 2.45) is 5.73 Å². The third-order valence-electron chi connectivity index (χ3n) is 6.11. The molecule has 3 aromatic rings. The Hall–Kier alpha value is -4.74. The highest BCUT2D eigenvalue weighted by atomic mass is 19.4. The lowest BCUT2D eigenvalue weighted by atomic mass is 9.87. The summed E-state index contributed by atoms with van der Waals surface area (Å²) in [6.45, 7) is 0. The number of anilines is 3. The lowest BCUT2D eigenvalue weighted by Gasteiger charge is -2.24. The van der Waals surface area contributed by atoms with Crippen LogP contribution >= 0.6 is 0 Å². The molecule has 0 aliphatic heterocycles. The van der Waals surface area contributed by atoms with Gasteiger partial charge in [-0.05, 0) is 90.7 Å². The first-order valence-corrected chi connectivity index (χ1v) is 11.8. The molecule has 0 radical (unpaired) electrons. The average Bonchev–Trinajstić information content (AvgIpc) is 2.88. The van der Waals surface area contributed by atoms with E-state index in [-0.39, 0.29) is 29.8 Å². The summed E-state index contributed by atoms with van der Waals surface area (Å²) in [7, 11) is 0. The van der Waals surface area contributed by atoms with E-state index < -0.39 is 46.4 Å². The SMILES string of the molecule is NC1=CC(C(F)(F)F)=C(c2ccc(NC(=O)c3ccc(NC(=O)c4ccc(N)cc4)cc3)cc2C(F)(F)F)CC1. The molecule has 40 heavy (non-hydrogen) atoms. The molecule has 0 bridgehead atoms. The van der Waals surface area contributed by atoms with Crippen LogP contribution in [0.5, 0.6) is 0 Å². The number of hydrogen-bond donors (Lipinski definition) is 4. The molecule has 3 aromatic carbocycles. The van der Waals surface area contributed by atoms with Crippen molar-refractivity contribution in [3.8, 4) is 0 Å². The number of carbonyl (C=O) groups excluding carboxylic acids is 2. The summed E-state index contributed by atoms with van der Waals surface area (Å²) in [5.41, 5.74) is 8.33. The molecule has 12 heteroatoms. The molecule has 4 rings (SSSR count). The molecular weight excluding hydrogens is 538 g/mol. The van der Waals surface area contributed by atoms with Gasteiger partial charge in [0.05, 0.1) is 11.1 Å². The van der Waals surface area contributed by atoms with Crippen LogP contribution < -0.4 is 22.1 Å². The van der Waals surface area contributed by atoms with Crippen LogP contribution in [0.1, 0.15) is 44.7 Å². The molecule has 0 spiro atoms. The zero-order valence-electron chi connectivity index (χ0n) is 20.6. The molecule has 0 unspecified atom stereocenters. The molecule has 208 valence electrons. The fourth-order valence-electron chi connectivity index (χ4n) is 4.15. The van der Waals surface area contributed by atoms with Crippen LogP contribution in [-0.2, 0) is 6.18 Å². The lowest BCUT2D eigenvalue weighted by molar-refractivity contribution is -0.137. The van der Waals surface area contributed by atoms with E-state index in [1.165, 1.54) is 36.4 Å². The Labute approximate surface area is 224 Å². The van der Waals surface area contributed by atoms with Crippen LogP contribution in [0.2, 0.25) is 0 Å². The standard InChI is InChI=1S/C28H22F6N4O2/c29-27(30,31)23-13-18(36)7-11-21(23)22-12-10-20(14-24(22)28(32,33)34)38-26(40)16-3-8-19(9-4-16)37-25(39)15-1-5-17(35)6-2-15/h1-6,8-10,12-14H,7,11,35-36H2,(H,37,39)(H,38,40). The molecule has 2 amide bonds. The predicted molar refractivity (Wildman–Crippen MR) is 139 cm³/mol. The second-order valence-electron chi connectivity index (χ2n) is 8.97. The van der Waals surface area contributed by atoms with E-state index >= 15 is 0 Å². The molecule has 0 saturated carbocycles. The van der Waals surface area contributed by atoms with E-state index in [1.807, 2.05) is 0 Å². The van der Waals surface area contributed by atoms with Gasteiger partial charge in [0.15, 0.2) is 0 Å². The lowest BCUT2D eigenvalue weighted by Crippen LogP contribution is -2.19. The summed E-state index contributed by atoms with van der Waals surface area (Å²) in [4.78, 5) is 25.0. The topological polar surface area (TPSA) is 110 Å². The van der Waals surface area contributed by atoms with Gasteiger partial charge in [-0.3, -0.25) is 9.59 Å². The van der Waals surface area contributed by atoms with Crippen molar-refractivity contribution in [3.63, 3.8) is 0 Å². The highest BCUT2D eigenvalue weighted by Gasteiger charge is 2.40. The van der Waals surface area contributed by atoms with Crippen molar-refractivity contribution in [1.82, 2.24) is 0 Å². The zero-order valence-corrected chi connectivity index (χ0v) is 20.6. The quantitative estimate of drug-likeness (QED) is 0.205. The van der Waals surface area contributed by atoms with Crippen LogP contribution in [0.15, 0.2) is 84.1 Å². The average molecular weight is 560 g/mol. The molecule has 0 heterocycles. The molecule has 0 saturated heterocycles. The zero-order chi connectivity index (χ0) is 29.2. The maximum atomic E-state index is 13.9. The van der Waals surface area contributed by atoms with Gasteiger partial charge in [-0.2, -0.15) is 26.3 Å². The number of hydrogen-bond acceptors (Lipinski definition) is 4. The second-order valence-corrected chi connectivity index (χ2v) is 8.97. The van der Waals surface area contributed by atoms with Gasteiger partial charge in [-0.25, -0.2) is 0 Å². The van der Waals surface area contributed by atoms with Crippen molar-refractivity contribution >= 4 is 34.4 Å². The summed E-state index contributed by atoms with van der Waals surface area (Å²) in [6.07, 6.45) is -9.61.